The zero-order valence-corrected chi connectivity index (χ0v) is 12.4. The Labute approximate surface area is 123 Å². The van der Waals surface area contributed by atoms with Gasteiger partial charge in [0, 0.05) is 5.54 Å². The lowest BCUT2D eigenvalue weighted by molar-refractivity contribution is -0.126. The average Bonchev–Trinajstić information content (AvgIpc) is 2.35. The van der Waals surface area contributed by atoms with E-state index in [4.69, 9.17) is 5.11 Å². The maximum Gasteiger partial charge on any atom is 0.335 e. The average molecular weight is 292 g/mol. The molecule has 0 fully saturated rings. The summed E-state index contributed by atoms with van der Waals surface area (Å²) in [7, 11) is 0. The van der Waals surface area contributed by atoms with Gasteiger partial charge in [-0.2, -0.15) is 0 Å². The highest BCUT2D eigenvalue weighted by Gasteiger charge is 2.15. The fourth-order valence-electron chi connectivity index (χ4n) is 1.76. The van der Waals surface area contributed by atoms with Crippen molar-refractivity contribution in [2.75, 3.05) is 6.54 Å². The summed E-state index contributed by atoms with van der Waals surface area (Å²) in [6.45, 7) is 5.40. The molecule has 0 spiro atoms. The fourth-order valence-corrected chi connectivity index (χ4v) is 1.76. The van der Waals surface area contributed by atoms with E-state index in [1.807, 2.05) is 20.8 Å². The van der Waals surface area contributed by atoms with Crippen LogP contribution in [0.4, 0.5) is 0 Å². The zero-order valence-electron chi connectivity index (χ0n) is 12.4. The Morgan fingerprint density at radius 2 is 1.71 bits per heavy atom. The molecule has 0 saturated carbocycles. The van der Waals surface area contributed by atoms with Crippen molar-refractivity contribution in [2.45, 2.75) is 32.7 Å². The van der Waals surface area contributed by atoms with Crippen LogP contribution < -0.4 is 10.6 Å². The summed E-state index contributed by atoms with van der Waals surface area (Å²) in [4.78, 5) is 34.4. The van der Waals surface area contributed by atoms with E-state index in [1.54, 1.807) is 18.2 Å². The summed E-state index contributed by atoms with van der Waals surface area (Å²) in [5.41, 5.74) is 0.142. The van der Waals surface area contributed by atoms with E-state index >= 15 is 0 Å². The second-order valence-electron chi connectivity index (χ2n) is 5.71. The lowest BCUT2D eigenvalue weighted by Gasteiger charge is -2.20. The SMILES string of the molecule is CC(C)(C)NC(=O)CNC(=O)Cc1ccccc1C(=O)O. The van der Waals surface area contributed by atoms with Crippen molar-refractivity contribution < 1.29 is 19.5 Å². The third-order valence-corrected chi connectivity index (χ3v) is 2.56. The summed E-state index contributed by atoms with van der Waals surface area (Å²) in [5, 5.41) is 14.2. The molecule has 1 rings (SSSR count). The number of carbonyl (C=O) groups excluding carboxylic acids is 2. The summed E-state index contributed by atoms with van der Waals surface area (Å²) in [6.07, 6.45) is -0.0781. The van der Waals surface area contributed by atoms with Crippen LogP contribution in [0.15, 0.2) is 24.3 Å². The first-order valence-electron chi connectivity index (χ1n) is 6.58. The maximum absolute atomic E-state index is 11.8. The van der Waals surface area contributed by atoms with Crippen molar-refractivity contribution in [2.24, 2.45) is 0 Å². The van der Waals surface area contributed by atoms with Gasteiger partial charge in [-0.05, 0) is 32.4 Å². The van der Waals surface area contributed by atoms with Gasteiger partial charge >= 0.3 is 5.97 Å². The van der Waals surface area contributed by atoms with Crippen LogP contribution in [0.5, 0.6) is 0 Å². The van der Waals surface area contributed by atoms with Crippen LogP contribution >= 0.6 is 0 Å². The minimum atomic E-state index is -1.08. The molecule has 114 valence electrons. The molecule has 0 radical (unpaired) electrons. The van der Waals surface area contributed by atoms with Gasteiger partial charge in [0.2, 0.25) is 11.8 Å². The lowest BCUT2D eigenvalue weighted by atomic mass is 10.0. The molecular formula is C15H20N2O4. The largest absolute Gasteiger partial charge is 0.478 e. The smallest absolute Gasteiger partial charge is 0.335 e. The first-order valence-corrected chi connectivity index (χ1v) is 6.58. The number of carboxylic acid groups (broad SMARTS) is 1. The summed E-state index contributed by atoms with van der Waals surface area (Å²) < 4.78 is 0. The molecule has 21 heavy (non-hydrogen) atoms. The Morgan fingerprint density at radius 3 is 2.29 bits per heavy atom. The van der Waals surface area contributed by atoms with E-state index in [1.165, 1.54) is 6.07 Å². The molecule has 0 atom stereocenters. The van der Waals surface area contributed by atoms with E-state index in [0.29, 0.717) is 5.56 Å². The van der Waals surface area contributed by atoms with E-state index in [0.717, 1.165) is 0 Å². The Balaban J connectivity index is 2.55. The molecule has 2 amide bonds. The van der Waals surface area contributed by atoms with Gasteiger partial charge < -0.3 is 15.7 Å². The summed E-state index contributed by atoms with van der Waals surface area (Å²) >= 11 is 0. The van der Waals surface area contributed by atoms with Crippen LogP contribution in [0.25, 0.3) is 0 Å². The third-order valence-electron chi connectivity index (χ3n) is 2.56. The Kier molecular flexibility index (Phi) is 5.46. The van der Waals surface area contributed by atoms with Gasteiger partial charge in [0.1, 0.15) is 0 Å². The maximum atomic E-state index is 11.8. The molecule has 0 heterocycles. The van der Waals surface area contributed by atoms with Crippen molar-refractivity contribution in [1.82, 2.24) is 10.6 Å². The molecule has 0 bridgehead atoms. The van der Waals surface area contributed by atoms with Crippen LogP contribution in [0.2, 0.25) is 0 Å². The number of carboxylic acids is 1. The Bertz CT molecular complexity index is 547. The fraction of sp³-hybridized carbons (Fsp3) is 0.400. The van der Waals surface area contributed by atoms with Crippen molar-refractivity contribution in [1.29, 1.82) is 0 Å². The molecule has 1 aromatic rings. The van der Waals surface area contributed by atoms with Crippen molar-refractivity contribution in [3.8, 4) is 0 Å². The highest BCUT2D eigenvalue weighted by atomic mass is 16.4. The standard InChI is InChI=1S/C15H20N2O4/c1-15(2,3)17-13(19)9-16-12(18)8-10-6-4-5-7-11(10)14(20)21/h4-7H,8-9H2,1-3H3,(H,16,18)(H,17,19)(H,20,21). The number of hydrogen-bond donors (Lipinski definition) is 3. The van der Waals surface area contributed by atoms with Gasteiger partial charge in [-0.3, -0.25) is 9.59 Å². The number of amides is 2. The second kappa shape index (κ2) is 6.88. The van der Waals surface area contributed by atoms with E-state index in [-0.39, 0.29) is 30.0 Å². The first-order chi connectivity index (χ1) is 9.69. The van der Waals surface area contributed by atoms with E-state index in [2.05, 4.69) is 10.6 Å². The number of rotatable bonds is 5. The quantitative estimate of drug-likeness (QED) is 0.753. The minimum Gasteiger partial charge on any atom is -0.478 e. The second-order valence-corrected chi connectivity index (χ2v) is 5.71. The van der Waals surface area contributed by atoms with Crippen molar-refractivity contribution in [3.63, 3.8) is 0 Å². The third kappa shape index (κ3) is 6.07. The Morgan fingerprint density at radius 1 is 1.10 bits per heavy atom. The van der Waals surface area contributed by atoms with Gasteiger partial charge in [-0.15, -0.1) is 0 Å². The highest BCUT2D eigenvalue weighted by molar-refractivity contribution is 5.92. The first kappa shape index (κ1) is 16.7. The zero-order chi connectivity index (χ0) is 16.0. The van der Waals surface area contributed by atoms with Gasteiger partial charge in [0.25, 0.3) is 0 Å². The molecule has 0 aliphatic heterocycles. The number of hydrogen-bond acceptors (Lipinski definition) is 3. The van der Waals surface area contributed by atoms with Crippen LogP contribution in [-0.4, -0.2) is 35.0 Å². The molecule has 6 nitrogen and oxygen atoms in total. The monoisotopic (exact) mass is 292 g/mol. The van der Waals surface area contributed by atoms with Gasteiger partial charge in [-0.25, -0.2) is 4.79 Å². The number of nitrogens with one attached hydrogen (secondary N) is 2. The molecule has 1 aromatic carbocycles. The number of aromatic carboxylic acids is 1. The molecule has 0 unspecified atom stereocenters. The Hall–Kier alpha value is -2.37. The van der Waals surface area contributed by atoms with Crippen LogP contribution in [0.1, 0.15) is 36.7 Å². The van der Waals surface area contributed by atoms with Crippen LogP contribution in [0, 0.1) is 0 Å². The van der Waals surface area contributed by atoms with Gasteiger partial charge in [0.05, 0.1) is 18.5 Å². The van der Waals surface area contributed by atoms with Crippen molar-refractivity contribution in [3.05, 3.63) is 35.4 Å². The predicted octanol–water partition coefficient (Wildman–Crippen LogP) is 0.958. The lowest BCUT2D eigenvalue weighted by Crippen LogP contribution is -2.46. The predicted molar refractivity (Wildman–Crippen MR) is 78.0 cm³/mol. The van der Waals surface area contributed by atoms with E-state index in [9.17, 15) is 14.4 Å². The van der Waals surface area contributed by atoms with E-state index < -0.39 is 11.9 Å². The van der Waals surface area contributed by atoms with Crippen LogP contribution in [0.3, 0.4) is 0 Å². The molecule has 0 aliphatic rings. The molecule has 0 aromatic heterocycles. The molecule has 6 heteroatoms. The topological polar surface area (TPSA) is 95.5 Å². The summed E-state index contributed by atoms with van der Waals surface area (Å²) in [5.74, 6) is -1.76. The number of benzene rings is 1. The normalized spacial score (nSPS) is 10.8. The molecular weight excluding hydrogens is 272 g/mol. The number of carbonyl (C=O) groups is 3. The summed E-state index contributed by atoms with van der Waals surface area (Å²) in [6, 6.07) is 6.29. The molecule has 3 N–H and O–H groups in total. The van der Waals surface area contributed by atoms with Gasteiger partial charge in [0.15, 0.2) is 0 Å². The van der Waals surface area contributed by atoms with Gasteiger partial charge in [-0.1, -0.05) is 18.2 Å². The van der Waals surface area contributed by atoms with Crippen molar-refractivity contribution >= 4 is 17.8 Å². The highest BCUT2D eigenvalue weighted by Crippen LogP contribution is 2.09. The van der Waals surface area contributed by atoms with Crippen LogP contribution in [-0.2, 0) is 16.0 Å². The molecule has 0 saturated heterocycles. The molecule has 0 aliphatic carbocycles. The minimum absolute atomic E-state index is 0.0781.